The number of nitrogens with zero attached hydrogens (tertiary/aromatic N) is 1. The second-order valence-corrected chi connectivity index (χ2v) is 6.09. The molecule has 0 heterocycles. The van der Waals surface area contributed by atoms with E-state index in [-0.39, 0.29) is 16.5 Å². The average Bonchev–Trinajstić information content (AvgIpc) is 2.61. The van der Waals surface area contributed by atoms with Crippen LogP contribution in [0.2, 0.25) is 10.0 Å². The smallest absolute Gasteiger partial charge is 0.249 e. The van der Waals surface area contributed by atoms with Gasteiger partial charge in [-0.05, 0) is 36.8 Å². The van der Waals surface area contributed by atoms with Gasteiger partial charge in [-0.2, -0.15) is 5.10 Å². The lowest BCUT2D eigenvalue weighted by Gasteiger charge is -2.08. The van der Waals surface area contributed by atoms with E-state index in [2.05, 4.69) is 15.8 Å². The number of amides is 2. The Morgan fingerprint density at radius 3 is 2.63 bits per heavy atom. The van der Waals surface area contributed by atoms with E-state index in [1.54, 1.807) is 31.2 Å². The van der Waals surface area contributed by atoms with Gasteiger partial charge in [0.2, 0.25) is 11.8 Å². The van der Waals surface area contributed by atoms with Crippen LogP contribution in [-0.2, 0) is 9.59 Å². The molecule has 2 aromatic carbocycles. The van der Waals surface area contributed by atoms with Crippen LogP contribution in [0.3, 0.4) is 0 Å². The van der Waals surface area contributed by atoms with Crippen LogP contribution in [0.25, 0.3) is 0 Å². The highest BCUT2D eigenvalue weighted by molar-refractivity contribution is 6.33. The van der Waals surface area contributed by atoms with Gasteiger partial charge >= 0.3 is 0 Å². The highest BCUT2D eigenvalue weighted by Gasteiger charge is 2.11. The monoisotopic (exact) mass is 409 g/mol. The number of hydrogen-bond acceptors (Lipinski definition) is 5. The van der Waals surface area contributed by atoms with Crippen molar-refractivity contribution in [2.45, 2.75) is 13.3 Å². The summed E-state index contributed by atoms with van der Waals surface area (Å²) in [7, 11) is 0. The highest BCUT2D eigenvalue weighted by Crippen LogP contribution is 2.34. The molecule has 0 atom stereocenters. The third-order valence-corrected chi connectivity index (χ3v) is 3.84. The summed E-state index contributed by atoms with van der Waals surface area (Å²) >= 11 is 11.8. The summed E-state index contributed by atoms with van der Waals surface area (Å²) in [5, 5.41) is 16.5. The first-order valence-corrected chi connectivity index (χ1v) is 8.68. The zero-order valence-corrected chi connectivity index (χ0v) is 15.8. The topological polar surface area (TPSA) is 100 Å². The van der Waals surface area contributed by atoms with Crippen LogP contribution < -0.4 is 15.5 Å². The van der Waals surface area contributed by atoms with Crippen molar-refractivity contribution < 1.29 is 19.4 Å². The summed E-state index contributed by atoms with van der Waals surface area (Å²) in [4.78, 5) is 23.7. The maximum Gasteiger partial charge on any atom is 0.249 e. The number of rotatable bonds is 7. The molecule has 0 fully saturated rings. The minimum absolute atomic E-state index is 0.0906. The molecule has 0 radical (unpaired) electrons. The third-order valence-electron chi connectivity index (χ3n) is 3.22. The minimum Gasteiger partial charge on any atom is -0.503 e. The van der Waals surface area contributed by atoms with Gasteiger partial charge in [0.15, 0.2) is 11.5 Å². The number of hydrogen-bond donors (Lipinski definition) is 3. The van der Waals surface area contributed by atoms with Crippen LogP contribution in [-0.4, -0.2) is 29.7 Å². The molecule has 0 spiro atoms. The molecule has 0 saturated carbocycles. The molecule has 0 aliphatic carbocycles. The fourth-order valence-corrected chi connectivity index (χ4v) is 2.46. The number of hydrazone groups is 1. The molecule has 27 heavy (non-hydrogen) atoms. The largest absolute Gasteiger partial charge is 0.503 e. The van der Waals surface area contributed by atoms with E-state index in [0.717, 1.165) is 0 Å². The number of halogens is 2. The number of benzene rings is 2. The predicted octanol–water partition coefficient (Wildman–Crippen LogP) is 3.58. The number of aromatic hydroxyl groups is 1. The molecule has 142 valence electrons. The second kappa shape index (κ2) is 9.80. The van der Waals surface area contributed by atoms with Crippen molar-refractivity contribution in [3.8, 4) is 11.5 Å². The Kier molecular flexibility index (Phi) is 7.45. The van der Waals surface area contributed by atoms with Gasteiger partial charge < -0.3 is 15.2 Å². The van der Waals surface area contributed by atoms with Gasteiger partial charge in [-0.15, -0.1) is 0 Å². The Labute approximate surface area is 165 Å². The molecule has 0 unspecified atom stereocenters. The first-order chi connectivity index (χ1) is 12.9. The summed E-state index contributed by atoms with van der Waals surface area (Å²) in [6.45, 7) is 2.11. The molecule has 0 saturated heterocycles. The van der Waals surface area contributed by atoms with Crippen molar-refractivity contribution in [3.63, 3.8) is 0 Å². The quantitative estimate of drug-likeness (QED) is 0.369. The van der Waals surface area contributed by atoms with Crippen molar-refractivity contribution in [3.05, 3.63) is 52.0 Å². The zero-order valence-electron chi connectivity index (χ0n) is 14.3. The van der Waals surface area contributed by atoms with E-state index in [1.807, 2.05) is 0 Å². The minimum atomic E-state index is -0.606. The Balaban J connectivity index is 1.91. The molecule has 0 aliphatic rings. The number of anilines is 1. The Bertz CT molecular complexity index is 872. The summed E-state index contributed by atoms with van der Waals surface area (Å²) in [6, 6.07) is 9.67. The Hall–Kier alpha value is -2.77. The summed E-state index contributed by atoms with van der Waals surface area (Å²) in [5.41, 5.74) is 3.16. The van der Waals surface area contributed by atoms with Crippen LogP contribution in [0.4, 0.5) is 5.69 Å². The lowest BCUT2D eigenvalue weighted by molar-refractivity contribution is -0.126. The van der Waals surface area contributed by atoms with Gasteiger partial charge in [0, 0.05) is 0 Å². The van der Waals surface area contributed by atoms with Gasteiger partial charge in [0.1, 0.15) is 6.42 Å². The third kappa shape index (κ3) is 6.16. The lowest BCUT2D eigenvalue weighted by Crippen LogP contribution is -2.24. The van der Waals surface area contributed by atoms with Crippen LogP contribution >= 0.6 is 23.2 Å². The molecule has 2 rings (SSSR count). The van der Waals surface area contributed by atoms with Crippen LogP contribution in [0.15, 0.2) is 41.5 Å². The van der Waals surface area contributed by atoms with E-state index in [9.17, 15) is 14.7 Å². The zero-order chi connectivity index (χ0) is 19.8. The predicted molar refractivity (Wildman–Crippen MR) is 105 cm³/mol. The van der Waals surface area contributed by atoms with Crippen molar-refractivity contribution in [2.24, 2.45) is 5.10 Å². The van der Waals surface area contributed by atoms with E-state index in [0.29, 0.717) is 22.9 Å². The Morgan fingerprint density at radius 2 is 1.93 bits per heavy atom. The molecule has 2 amide bonds. The van der Waals surface area contributed by atoms with E-state index in [4.69, 9.17) is 27.9 Å². The lowest BCUT2D eigenvalue weighted by atomic mass is 10.2. The normalized spacial score (nSPS) is 10.6. The van der Waals surface area contributed by atoms with E-state index in [1.165, 1.54) is 18.3 Å². The first-order valence-electron chi connectivity index (χ1n) is 7.92. The van der Waals surface area contributed by atoms with Gasteiger partial charge in [-0.1, -0.05) is 35.3 Å². The van der Waals surface area contributed by atoms with Gasteiger partial charge in [-0.3, -0.25) is 9.59 Å². The van der Waals surface area contributed by atoms with Crippen LogP contribution in [0, 0.1) is 0 Å². The number of carbonyl (C=O) groups is 2. The number of nitrogens with one attached hydrogen (secondary N) is 2. The van der Waals surface area contributed by atoms with Crippen molar-refractivity contribution in [2.75, 3.05) is 11.9 Å². The van der Waals surface area contributed by atoms with Crippen molar-refractivity contribution >= 4 is 46.9 Å². The van der Waals surface area contributed by atoms with Gasteiger partial charge in [0.25, 0.3) is 0 Å². The van der Waals surface area contributed by atoms with Crippen LogP contribution in [0.5, 0.6) is 11.5 Å². The number of ether oxygens (including phenoxy) is 1. The molecule has 9 heteroatoms. The maximum atomic E-state index is 11.9. The molecule has 2 aromatic rings. The van der Waals surface area contributed by atoms with Crippen molar-refractivity contribution in [1.82, 2.24) is 5.43 Å². The van der Waals surface area contributed by atoms with Crippen LogP contribution in [0.1, 0.15) is 18.9 Å². The van der Waals surface area contributed by atoms with Gasteiger partial charge in [-0.25, -0.2) is 5.43 Å². The second-order valence-electron chi connectivity index (χ2n) is 5.28. The molecule has 7 nitrogen and oxygen atoms in total. The highest BCUT2D eigenvalue weighted by atomic mass is 35.5. The Morgan fingerprint density at radius 1 is 1.19 bits per heavy atom. The molecular formula is C18H17Cl2N3O4. The van der Waals surface area contributed by atoms with Crippen molar-refractivity contribution in [1.29, 1.82) is 0 Å². The number of phenols is 1. The number of para-hydroxylation sites is 1. The molecule has 3 N–H and O–H groups in total. The molecule has 0 aromatic heterocycles. The van der Waals surface area contributed by atoms with Gasteiger partial charge in [0.05, 0.1) is 28.6 Å². The fourth-order valence-electron chi connectivity index (χ4n) is 2.05. The molecule has 0 bridgehead atoms. The summed E-state index contributed by atoms with van der Waals surface area (Å²) < 4.78 is 5.26. The number of carbonyl (C=O) groups excluding carboxylic acids is 2. The number of phenolic OH excluding ortho intramolecular Hbond substituents is 1. The van der Waals surface area contributed by atoms with E-state index >= 15 is 0 Å². The average molecular weight is 410 g/mol. The fraction of sp³-hybridized carbons (Fsp3) is 0.167. The summed E-state index contributed by atoms with van der Waals surface area (Å²) in [5.74, 6) is -1.10. The maximum absolute atomic E-state index is 11.9. The van der Waals surface area contributed by atoms with E-state index < -0.39 is 18.2 Å². The SMILES string of the molecule is CCOc1cc(/C=N/NC(=O)CC(=O)Nc2ccccc2Cl)cc(Cl)c1O. The standard InChI is InChI=1S/C18H17Cl2N3O4/c1-2-27-15-8-11(7-13(20)18(15)26)10-21-23-17(25)9-16(24)22-14-6-4-3-5-12(14)19/h3-8,10,26H,2,9H2,1H3,(H,22,24)(H,23,25)/b21-10+. The molecule has 0 aliphatic heterocycles. The first kappa shape index (κ1) is 20.5. The molecular weight excluding hydrogens is 393 g/mol. The summed E-state index contributed by atoms with van der Waals surface area (Å²) in [6.07, 6.45) is 0.890.